The Bertz CT molecular complexity index is 557. The van der Waals surface area contributed by atoms with E-state index in [0.29, 0.717) is 5.82 Å². The summed E-state index contributed by atoms with van der Waals surface area (Å²) >= 11 is 0. The lowest BCUT2D eigenvalue weighted by Crippen LogP contribution is -2.23. The molecule has 70 valence electrons. The number of hydrogen-bond acceptors (Lipinski definition) is 4. The first-order valence-corrected chi connectivity index (χ1v) is 3.87. The summed E-state index contributed by atoms with van der Waals surface area (Å²) in [5.41, 5.74) is -0.951. The minimum atomic E-state index is -0.502. The van der Waals surface area contributed by atoms with Gasteiger partial charge in [0.15, 0.2) is 0 Å². The van der Waals surface area contributed by atoms with Crippen LogP contribution in [0.2, 0.25) is 0 Å². The average molecular weight is 190 g/mol. The minimum absolute atomic E-state index is 0.350. The second kappa shape index (κ2) is 3.25. The highest BCUT2D eigenvalue weighted by Crippen LogP contribution is 1.93. The quantitative estimate of drug-likeness (QED) is 0.645. The van der Waals surface area contributed by atoms with Crippen LogP contribution in [0.3, 0.4) is 0 Å². The van der Waals surface area contributed by atoms with Crippen molar-refractivity contribution in [1.82, 2.24) is 19.5 Å². The van der Waals surface area contributed by atoms with Gasteiger partial charge in [-0.3, -0.25) is 9.55 Å². The zero-order valence-electron chi connectivity index (χ0n) is 7.04. The van der Waals surface area contributed by atoms with E-state index in [-0.39, 0.29) is 0 Å². The van der Waals surface area contributed by atoms with Crippen LogP contribution in [-0.2, 0) is 0 Å². The SMILES string of the molecule is O=c1nccc(-n2cccnc2=O)[nH]1. The highest BCUT2D eigenvalue weighted by Gasteiger charge is 1.98. The minimum Gasteiger partial charge on any atom is -0.291 e. The first-order valence-electron chi connectivity index (χ1n) is 3.87. The summed E-state index contributed by atoms with van der Waals surface area (Å²) in [6.07, 6.45) is 4.23. The first kappa shape index (κ1) is 8.36. The van der Waals surface area contributed by atoms with Gasteiger partial charge in [0.05, 0.1) is 0 Å². The van der Waals surface area contributed by atoms with Crippen molar-refractivity contribution in [2.75, 3.05) is 0 Å². The lowest BCUT2D eigenvalue weighted by molar-refractivity contribution is 0.861. The van der Waals surface area contributed by atoms with Crippen molar-refractivity contribution in [3.63, 3.8) is 0 Å². The predicted octanol–water partition coefficient (Wildman–Crippen LogP) is -0.684. The number of H-pyrrole nitrogens is 1. The second-order valence-electron chi connectivity index (χ2n) is 2.53. The Morgan fingerprint density at radius 1 is 1.21 bits per heavy atom. The smallest absolute Gasteiger partial charge is 0.291 e. The summed E-state index contributed by atoms with van der Waals surface area (Å²) in [6, 6.07) is 3.12. The van der Waals surface area contributed by atoms with Crippen molar-refractivity contribution in [2.45, 2.75) is 0 Å². The monoisotopic (exact) mass is 190 g/mol. The van der Waals surface area contributed by atoms with Crippen molar-refractivity contribution in [3.05, 3.63) is 51.7 Å². The maximum atomic E-state index is 11.2. The number of hydrogen-bond donors (Lipinski definition) is 1. The molecule has 0 saturated carbocycles. The molecule has 6 nitrogen and oxygen atoms in total. The fourth-order valence-corrected chi connectivity index (χ4v) is 1.04. The van der Waals surface area contributed by atoms with Crippen LogP contribution in [-0.4, -0.2) is 19.5 Å². The Kier molecular flexibility index (Phi) is 1.94. The first-order chi connectivity index (χ1) is 6.77. The van der Waals surface area contributed by atoms with Crippen molar-refractivity contribution >= 4 is 0 Å². The molecule has 0 spiro atoms. The van der Waals surface area contributed by atoms with Gasteiger partial charge >= 0.3 is 11.4 Å². The van der Waals surface area contributed by atoms with E-state index in [2.05, 4.69) is 15.0 Å². The van der Waals surface area contributed by atoms with Crippen molar-refractivity contribution < 1.29 is 0 Å². The molecule has 0 atom stereocenters. The lowest BCUT2D eigenvalue weighted by Gasteiger charge is -2.01. The highest BCUT2D eigenvalue weighted by atomic mass is 16.1. The van der Waals surface area contributed by atoms with E-state index in [1.165, 1.54) is 29.2 Å². The Hall–Kier alpha value is -2.24. The summed E-state index contributed by atoms with van der Waals surface area (Å²) in [5, 5.41) is 0. The topological polar surface area (TPSA) is 80.6 Å². The fraction of sp³-hybridized carbons (Fsp3) is 0. The van der Waals surface area contributed by atoms with Gasteiger partial charge in [-0.2, -0.15) is 0 Å². The van der Waals surface area contributed by atoms with Crippen molar-refractivity contribution in [2.24, 2.45) is 0 Å². The molecule has 0 fully saturated rings. The van der Waals surface area contributed by atoms with Gasteiger partial charge in [0.2, 0.25) is 0 Å². The van der Waals surface area contributed by atoms with Crippen LogP contribution in [0.5, 0.6) is 0 Å². The summed E-state index contributed by atoms with van der Waals surface area (Å²) in [7, 11) is 0. The second-order valence-corrected chi connectivity index (χ2v) is 2.53. The molecule has 14 heavy (non-hydrogen) atoms. The highest BCUT2D eigenvalue weighted by molar-refractivity contribution is 5.18. The number of rotatable bonds is 1. The third-order valence-corrected chi connectivity index (χ3v) is 1.63. The van der Waals surface area contributed by atoms with Crippen LogP contribution < -0.4 is 11.4 Å². The van der Waals surface area contributed by atoms with Gasteiger partial charge in [-0.1, -0.05) is 0 Å². The molecule has 2 heterocycles. The van der Waals surface area contributed by atoms with Crippen LogP contribution in [0.25, 0.3) is 5.82 Å². The van der Waals surface area contributed by atoms with Gasteiger partial charge in [-0.05, 0) is 12.1 Å². The summed E-state index contributed by atoms with van der Waals surface area (Å²) in [4.78, 5) is 31.5. The molecular weight excluding hydrogens is 184 g/mol. The molecular formula is C8H6N4O2. The molecule has 0 saturated heterocycles. The average Bonchev–Trinajstić information content (AvgIpc) is 2.18. The third kappa shape index (κ3) is 1.45. The Morgan fingerprint density at radius 3 is 2.79 bits per heavy atom. The van der Waals surface area contributed by atoms with Crippen LogP contribution in [0.4, 0.5) is 0 Å². The lowest BCUT2D eigenvalue weighted by atomic mass is 10.5. The maximum absolute atomic E-state index is 11.2. The number of aromatic amines is 1. The molecule has 0 unspecified atom stereocenters. The number of nitrogens with one attached hydrogen (secondary N) is 1. The van der Waals surface area contributed by atoms with Gasteiger partial charge in [-0.25, -0.2) is 19.6 Å². The van der Waals surface area contributed by atoms with Crippen LogP contribution >= 0.6 is 0 Å². The summed E-state index contributed by atoms with van der Waals surface area (Å²) in [5.74, 6) is 0.350. The predicted molar refractivity (Wildman–Crippen MR) is 48.2 cm³/mol. The van der Waals surface area contributed by atoms with Crippen LogP contribution in [0.15, 0.2) is 40.3 Å². The van der Waals surface area contributed by atoms with Crippen molar-refractivity contribution in [1.29, 1.82) is 0 Å². The molecule has 2 aromatic rings. The van der Waals surface area contributed by atoms with Gasteiger partial charge < -0.3 is 0 Å². The van der Waals surface area contributed by atoms with Gasteiger partial charge in [0, 0.05) is 18.6 Å². The standard InChI is InChI=1S/C8H6N4O2/c13-7-9-4-2-6(11-7)12-5-1-3-10-8(12)14/h1-5H,(H,9,11,13). The molecule has 6 heteroatoms. The molecule has 0 aliphatic carbocycles. The molecule has 0 amide bonds. The third-order valence-electron chi connectivity index (χ3n) is 1.63. The molecule has 0 aliphatic rings. The van der Waals surface area contributed by atoms with Crippen LogP contribution in [0, 0.1) is 0 Å². The van der Waals surface area contributed by atoms with Crippen LogP contribution in [0.1, 0.15) is 0 Å². The van der Waals surface area contributed by atoms with E-state index < -0.39 is 11.4 Å². The zero-order valence-corrected chi connectivity index (χ0v) is 7.04. The Morgan fingerprint density at radius 2 is 2.07 bits per heavy atom. The molecule has 0 radical (unpaired) electrons. The normalized spacial score (nSPS) is 10.0. The Labute approximate surface area is 77.9 Å². The largest absolute Gasteiger partial charge is 0.353 e. The van der Waals surface area contributed by atoms with E-state index >= 15 is 0 Å². The molecule has 1 N–H and O–H groups in total. The molecule has 0 bridgehead atoms. The van der Waals surface area contributed by atoms with E-state index in [1.54, 1.807) is 6.07 Å². The summed E-state index contributed by atoms with van der Waals surface area (Å²) in [6.45, 7) is 0. The molecule has 0 aliphatic heterocycles. The van der Waals surface area contributed by atoms with Crippen molar-refractivity contribution in [3.8, 4) is 5.82 Å². The van der Waals surface area contributed by atoms with Gasteiger partial charge in [-0.15, -0.1) is 0 Å². The van der Waals surface area contributed by atoms with E-state index in [0.717, 1.165) is 0 Å². The number of aromatic nitrogens is 4. The molecule has 2 rings (SSSR count). The maximum Gasteiger partial charge on any atom is 0.353 e. The Balaban J connectivity index is 2.67. The van der Waals surface area contributed by atoms with E-state index in [9.17, 15) is 9.59 Å². The molecule has 0 aromatic carbocycles. The zero-order chi connectivity index (χ0) is 9.97. The fourth-order valence-electron chi connectivity index (χ4n) is 1.04. The summed E-state index contributed by atoms with van der Waals surface area (Å²) < 4.78 is 1.23. The van der Waals surface area contributed by atoms with Gasteiger partial charge in [0.1, 0.15) is 5.82 Å². The number of nitrogens with zero attached hydrogens (tertiary/aromatic N) is 3. The van der Waals surface area contributed by atoms with E-state index in [1.807, 2.05) is 0 Å². The van der Waals surface area contributed by atoms with Gasteiger partial charge in [0.25, 0.3) is 0 Å². The molecule has 2 aromatic heterocycles. The van der Waals surface area contributed by atoms with E-state index in [4.69, 9.17) is 0 Å².